The van der Waals surface area contributed by atoms with Crippen LogP contribution >= 0.6 is 0 Å². The van der Waals surface area contributed by atoms with E-state index in [1.807, 2.05) is 30.3 Å². The molecule has 1 N–H and O–H groups in total. The third-order valence-corrected chi connectivity index (χ3v) is 7.30. The van der Waals surface area contributed by atoms with Crippen LogP contribution in [0.1, 0.15) is 105 Å². The van der Waals surface area contributed by atoms with Crippen molar-refractivity contribution in [2.24, 2.45) is 10.4 Å². The Hall–Kier alpha value is -3.02. The number of Topliss-reactive ketones (excluding diaryl/α,β-unsaturated/α-hetero) is 2. The number of unbranched alkanes of at least 4 members (excludes halogenated alkanes) is 3. The van der Waals surface area contributed by atoms with Gasteiger partial charge in [-0.1, -0.05) is 75.5 Å². The van der Waals surface area contributed by atoms with Gasteiger partial charge in [-0.2, -0.15) is 0 Å². The molecule has 1 aromatic carbocycles. The Morgan fingerprint density at radius 1 is 1.08 bits per heavy atom. The van der Waals surface area contributed by atoms with Crippen LogP contribution in [0.15, 0.2) is 51.2 Å². The van der Waals surface area contributed by atoms with E-state index in [0.29, 0.717) is 73.4 Å². The van der Waals surface area contributed by atoms with Gasteiger partial charge in [-0.25, -0.2) is 0 Å². The van der Waals surface area contributed by atoms with Gasteiger partial charge in [-0.15, -0.1) is 0 Å². The third kappa shape index (κ3) is 6.03. The predicted molar refractivity (Wildman–Crippen MR) is 141 cm³/mol. The maximum Gasteiger partial charge on any atom is 0.168 e. The van der Waals surface area contributed by atoms with Crippen LogP contribution in [0.2, 0.25) is 0 Å². The average Bonchev–Trinajstić information content (AvgIpc) is 3.23. The van der Waals surface area contributed by atoms with Crippen LogP contribution < -0.4 is 0 Å². The number of aliphatic hydroxyl groups excluding tert-OH is 1. The monoisotopic (exact) mass is 490 g/mol. The van der Waals surface area contributed by atoms with Crippen molar-refractivity contribution < 1.29 is 19.2 Å². The summed E-state index contributed by atoms with van der Waals surface area (Å²) in [6, 6.07) is 9.88. The lowest BCUT2D eigenvalue weighted by Crippen LogP contribution is -2.27. The van der Waals surface area contributed by atoms with Gasteiger partial charge in [0.2, 0.25) is 0 Å². The first-order chi connectivity index (χ1) is 17.3. The summed E-state index contributed by atoms with van der Waals surface area (Å²) in [5.41, 5.74) is 3.16. The fraction of sp³-hybridized carbons (Fsp3) is 0.533. The standard InChI is InChI=1S/C30H38N2O4/c1-4-5-6-10-15-31-22(13-14-23-29-26(35)18-30(2,3)19-27(29)36-32-23)28-24(33)16-21(17-25(28)34)20-11-8-7-9-12-20/h7-9,11-12,21,33H,4-6,10,13-19H2,1-3H3. The molecule has 1 atom stereocenters. The zero-order chi connectivity index (χ0) is 25.7. The Labute approximate surface area is 213 Å². The molecule has 2 aromatic rings. The number of carbonyl (C=O) groups excluding carboxylic acids is 2. The van der Waals surface area contributed by atoms with Crippen molar-refractivity contribution in [2.75, 3.05) is 6.54 Å². The van der Waals surface area contributed by atoms with Crippen LogP contribution in [-0.2, 0) is 17.6 Å². The predicted octanol–water partition coefficient (Wildman–Crippen LogP) is 6.74. The molecule has 0 amide bonds. The number of aromatic nitrogens is 1. The van der Waals surface area contributed by atoms with E-state index < -0.39 is 0 Å². The van der Waals surface area contributed by atoms with Crippen molar-refractivity contribution >= 4 is 17.3 Å². The number of ketones is 2. The second-order valence-electron chi connectivity index (χ2n) is 11.0. The number of hydrogen-bond acceptors (Lipinski definition) is 6. The van der Waals surface area contributed by atoms with Gasteiger partial charge in [0.15, 0.2) is 11.6 Å². The largest absolute Gasteiger partial charge is 0.511 e. The molecule has 6 heteroatoms. The summed E-state index contributed by atoms with van der Waals surface area (Å²) in [4.78, 5) is 30.9. The summed E-state index contributed by atoms with van der Waals surface area (Å²) < 4.78 is 5.56. The average molecular weight is 491 g/mol. The lowest BCUT2D eigenvalue weighted by atomic mass is 9.75. The van der Waals surface area contributed by atoms with Gasteiger partial charge >= 0.3 is 0 Å². The molecule has 0 saturated heterocycles. The topological polar surface area (TPSA) is 92.8 Å². The van der Waals surface area contributed by atoms with E-state index in [1.165, 1.54) is 0 Å². The molecule has 0 bridgehead atoms. The normalized spacial score (nSPS) is 20.1. The number of benzene rings is 1. The summed E-state index contributed by atoms with van der Waals surface area (Å²) in [6.45, 7) is 6.91. The fourth-order valence-corrected chi connectivity index (χ4v) is 5.45. The Balaban J connectivity index is 1.55. The van der Waals surface area contributed by atoms with E-state index in [1.54, 1.807) is 0 Å². The molecule has 2 aliphatic carbocycles. The zero-order valence-electron chi connectivity index (χ0n) is 21.8. The lowest BCUT2D eigenvalue weighted by Gasteiger charge is -2.26. The highest BCUT2D eigenvalue weighted by Crippen LogP contribution is 2.37. The number of allylic oxidation sites excluding steroid dienone is 2. The number of aliphatic imine (C=N–C) groups is 1. The smallest absolute Gasteiger partial charge is 0.168 e. The first-order valence-electron chi connectivity index (χ1n) is 13.3. The number of aryl methyl sites for hydroxylation is 1. The molecule has 0 spiro atoms. The summed E-state index contributed by atoms with van der Waals surface area (Å²) in [6.07, 6.45) is 7.14. The number of nitrogens with zero attached hydrogens (tertiary/aromatic N) is 2. The third-order valence-electron chi connectivity index (χ3n) is 7.30. The highest BCUT2D eigenvalue weighted by molar-refractivity contribution is 6.23. The molecule has 1 aromatic heterocycles. The minimum atomic E-state index is -0.133. The first-order valence-corrected chi connectivity index (χ1v) is 13.3. The fourth-order valence-electron chi connectivity index (χ4n) is 5.45. The van der Waals surface area contributed by atoms with E-state index in [4.69, 9.17) is 9.52 Å². The molecule has 1 heterocycles. The van der Waals surface area contributed by atoms with E-state index in [2.05, 4.69) is 25.9 Å². The van der Waals surface area contributed by atoms with Crippen molar-refractivity contribution in [1.29, 1.82) is 0 Å². The maximum atomic E-state index is 13.3. The van der Waals surface area contributed by atoms with Crippen LogP contribution in [0.25, 0.3) is 0 Å². The van der Waals surface area contributed by atoms with Crippen LogP contribution in [-0.4, -0.2) is 34.1 Å². The number of hydrogen-bond donors (Lipinski definition) is 1. The number of fused-ring (bicyclic) bond motifs is 1. The summed E-state index contributed by atoms with van der Waals surface area (Å²) in [5.74, 6) is 0.743. The lowest BCUT2D eigenvalue weighted by molar-refractivity contribution is -0.116. The van der Waals surface area contributed by atoms with Gasteiger partial charge in [-0.3, -0.25) is 14.6 Å². The number of carbonyl (C=O) groups is 2. The Morgan fingerprint density at radius 2 is 1.86 bits per heavy atom. The minimum Gasteiger partial charge on any atom is -0.511 e. The summed E-state index contributed by atoms with van der Waals surface area (Å²) >= 11 is 0. The molecular weight excluding hydrogens is 452 g/mol. The zero-order valence-corrected chi connectivity index (χ0v) is 21.8. The van der Waals surface area contributed by atoms with Crippen LogP contribution in [0.5, 0.6) is 0 Å². The molecule has 1 unspecified atom stereocenters. The maximum absolute atomic E-state index is 13.3. The summed E-state index contributed by atoms with van der Waals surface area (Å²) in [5, 5.41) is 15.2. The first kappa shape index (κ1) is 26.1. The quantitative estimate of drug-likeness (QED) is 0.294. The molecule has 0 saturated carbocycles. The van der Waals surface area contributed by atoms with Crippen molar-refractivity contribution in [2.45, 2.75) is 90.9 Å². The highest BCUT2D eigenvalue weighted by Gasteiger charge is 2.37. The molecule has 192 valence electrons. The van der Waals surface area contributed by atoms with E-state index in [-0.39, 0.29) is 28.7 Å². The SMILES string of the molecule is CCCCCCN=C(CCc1noc2c1C(=O)CC(C)(C)C2)C1=C(O)CC(c2ccccc2)CC1=O. The molecular formula is C30H38N2O4. The van der Waals surface area contributed by atoms with Gasteiger partial charge in [-0.05, 0) is 36.2 Å². The van der Waals surface area contributed by atoms with Gasteiger partial charge in [0, 0.05) is 37.9 Å². The molecule has 4 rings (SSSR count). The Bertz CT molecular complexity index is 1160. The van der Waals surface area contributed by atoms with Crippen LogP contribution in [0, 0.1) is 5.41 Å². The van der Waals surface area contributed by atoms with Gasteiger partial charge < -0.3 is 9.63 Å². The second kappa shape index (κ2) is 11.4. The Morgan fingerprint density at radius 3 is 2.58 bits per heavy atom. The molecule has 0 fully saturated rings. The Kier molecular flexibility index (Phi) is 8.22. The van der Waals surface area contributed by atoms with Gasteiger partial charge in [0.1, 0.15) is 11.5 Å². The van der Waals surface area contributed by atoms with E-state index >= 15 is 0 Å². The van der Waals surface area contributed by atoms with E-state index in [9.17, 15) is 14.7 Å². The molecule has 2 aliphatic rings. The number of rotatable bonds is 10. The number of aliphatic hydroxyl groups is 1. The molecule has 0 radical (unpaired) electrons. The minimum absolute atomic E-state index is 0.0308. The van der Waals surface area contributed by atoms with Crippen molar-refractivity contribution in [3.8, 4) is 0 Å². The van der Waals surface area contributed by atoms with Gasteiger partial charge in [0.05, 0.1) is 16.8 Å². The van der Waals surface area contributed by atoms with Crippen molar-refractivity contribution in [1.82, 2.24) is 5.16 Å². The van der Waals surface area contributed by atoms with Gasteiger partial charge in [0.25, 0.3) is 0 Å². The molecule has 0 aliphatic heterocycles. The van der Waals surface area contributed by atoms with Crippen molar-refractivity contribution in [3.63, 3.8) is 0 Å². The van der Waals surface area contributed by atoms with Crippen LogP contribution in [0.4, 0.5) is 0 Å². The molecule has 36 heavy (non-hydrogen) atoms. The summed E-state index contributed by atoms with van der Waals surface area (Å²) in [7, 11) is 0. The van der Waals surface area contributed by atoms with E-state index in [0.717, 1.165) is 31.2 Å². The highest BCUT2D eigenvalue weighted by atomic mass is 16.5. The van der Waals surface area contributed by atoms with Crippen molar-refractivity contribution in [3.05, 3.63) is 64.2 Å². The second-order valence-corrected chi connectivity index (χ2v) is 11.0. The van der Waals surface area contributed by atoms with Crippen LogP contribution in [0.3, 0.4) is 0 Å². The molecule has 6 nitrogen and oxygen atoms in total.